The van der Waals surface area contributed by atoms with Crippen LogP contribution in [0.2, 0.25) is 0 Å². The smallest absolute Gasteiger partial charge is 0.187 e. The van der Waals surface area contributed by atoms with Crippen LogP contribution in [0.3, 0.4) is 0 Å². The molecule has 2 heterocycles. The van der Waals surface area contributed by atoms with Gasteiger partial charge in [0.1, 0.15) is 24.4 Å². The highest BCUT2D eigenvalue weighted by Crippen LogP contribution is 2.39. The van der Waals surface area contributed by atoms with E-state index in [1.807, 2.05) is 91.0 Å². The van der Waals surface area contributed by atoms with Gasteiger partial charge in [-0.1, -0.05) is 91.0 Å². The molecule has 0 aromatic heterocycles. The predicted molar refractivity (Wildman–Crippen MR) is 129 cm³/mol. The number of rotatable bonds is 8. The number of ketones is 1. The summed E-state index contributed by atoms with van der Waals surface area (Å²) in [4.78, 5) is 13.2. The fourth-order valence-electron chi connectivity index (χ4n) is 4.71. The van der Waals surface area contributed by atoms with Crippen molar-refractivity contribution in [1.82, 2.24) is 0 Å². The largest absolute Gasteiger partial charge is 0.368 e. The van der Waals surface area contributed by atoms with Gasteiger partial charge in [-0.2, -0.15) is 0 Å². The molecule has 0 saturated carbocycles. The van der Waals surface area contributed by atoms with Gasteiger partial charge < -0.3 is 23.7 Å². The Morgan fingerprint density at radius 1 is 0.743 bits per heavy atom. The topological polar surface area (TPSA) is 63.2 Å². The molecule has 0 radical (unpaired) electrons. The second kappa shape index (κ2) is 11.2. The lowest BCUT2D eigenvalue weighted by Crippen LogP contribution is -2.64. The Balaban J connectivity index is 1.42. The van der Waals surface area contributed by atoms with Crippen LogP contribution < -0.4 is 0 Å². The minimum atomic E-state index is -0.780. The molecule has 182 valence electrons. The van der Waals surface area contributed by atoms with Gasteiger partial charge in [-0.25, -0.2) is 0 Å². The maximum atomic E-state index is 13.2. The molecule has 0 aliphatic carbocycles. The molecule has 5 rings (SSSR count). The molecule has 0 unspecified atom stereocenters. The molecule has 6 nitrogen and oxygen atoms in total. The Hall–Kier alpha value is -2.87. The Bertz CT molecular complexity index is 1070. The zero-order valence-corrected chi connectivity index (χ0v) is 19.7. The number of hydrogen-bond acceptors (Lipinski definition) is 6. The van der Waals surface area contributed by atoms with Crippen molar-refractivity contribution in [1.29, 1.82) is 0 Å². The van der Waals surface area contributed by atoms with Gasteiger partial charge in [-0.15, -0.1) is 0 Å². The van der Waals surface area contributed by atoms with Crippen LogP contribution in [0.1, 0.15) is 29.2 Å². The number of methoxy groups -OCH3 is 1. The summed E-state index contributed by atoms with van der Waals surface area (Å²) in [6, 6.07) is 29.6. The van der Waals surface area contributed by atoms with Gasteiger partial charge in [-0.3, -0.25) is 4.79 Å². The normalized spacial score (nSPS) is 28.4. The molecule has 0 spiro atoms. The highest BCUT2D eigenvalue weighted by molar-refractivity contribution is 5.85. The van der Waals surface area contributed by atoms with Gasteiger partial charge in [0.15, 0.2) is 12.1 Å². The average molecular weight is 475 g/mol. The molecule has 6 atom stereocenters. The molecule has 2 saturated heterocycles. The Labute approximate surface area is 205 Å². The molecule has 3 aromatic rings. The van der Waals surface area contributed by atoms with E-state index in [1.165, 1.54) is 0 Å². The first-order valence-electron chi connectivity index (χ1n) is 12.0. The first-order valence-corrected chi connectivity index (χ1v) is 12.0. The summed E-state index contributed by atoms with van der Waals surface area (Å²) in [6.45, 7) is 0.706. The van der Waals surface area contributed by atoms with Crippen molar-refractivity contribution < 1.29 is 28.5 Å². The molecular weight excluding hydrogens is 444 g/mol. The highest BCUT2D eigenvalue weighted by Gasteiger charge is 2.54. The summed E-state index contributed by atoms with van der Waals surface area (Å²) in [5, 5.41) is 0. The van der Waals surface area contributed by atoms with Crippen LogP contribution >= 0.6 is 0 Å². The van der Waals surface area contributed by atoms with Gasteiger partial charge in [-0.05, 0) is 16.7 Å². The van der Waals surface area contributed by atoms with Gasteiger partial charge in [0.05, 0.1) is 19.3 Å². The third kappa shape index (κ3) is 5.53. The standard InChI is InChI=1S/C29H30O6/c1-31-29-28(33-19-21-13-7-3-8-14-21)26(32-18-20-11-5-2-6-12-20)27-25(35-29)23(30)17-24(34-27)22-15-9-4-10-16-22/h2-16,24-29H,17-19H2,1H3/t24-,25+,26-,27+,28+,29-/m0/s1. The summed E-state index contributed by atoms with van der Waals surface area (Å²) in [7, 11) is 1.55. The quantitative estimate of drug-likeness (QED) is 0.475. The SMILES string of the molecule is CO[C@H]1O[C@@H]2C(=O)C[C@@H](c3ccccc3)O[C@H]2[C@H](OCc2ccccc2)[C@H]1OCc1ccccc1. The van der Waals surface area contributed by atoms with E-state index in [0.717, 1.165) is 16.7 Å². The Morgan fingerprint density at radius 2 is 1.29 bits per heavy atom. The molecule has 35 heavy (non-hydrogen) atoms. The van der Waals surface area contributed by atoms with Crippen LogP contribution in [0.5, 0.6) is 0 Å². The third-order valence-electron chi connectivity index (χ3n) is 6.49. The molecule has 2 fully saturated rings. The van der Waals surface area contributed by atoms with Crippen LogP contribution in [-0.4, -0.2) is 43.6 Å². The van der Waals surface area contributed by atoms with Gasteiger partial charge in [0, 0.05) is 13.5 Å². The zero-order valence-electron chi connectivity index (χ0n) is 19.7. The Morgan fingerprint density at radius 3 is 1.86 bits per heavy atom. The van der Waals surface area contributed by atoms with E-state index < -0.39 is 30.7 Å². The van der Waals surface area contributed by atoms with Crippen molar-refractivity contribution in [2.24, 2.45) is 0 Å². The molecule has 0 bridgehead atoms. The number of hydrogen-bond donors (Lipinski definition) is 0. The summed E-state index contributed by atoms with van der Waals surface area (Å²) in [5.74, 6) is -0.0213. The van der Waals surface area contributed by atoms with Crippen molar-refractivity contribution in [2.75, 3.05) is 7.11 Å². The molecule has 2 aliphatic heterocycles. The van der Waals surface area contributed by atoms with Crippen LogP contribution in [-0.2, 0) is 41.7 Å². The predicted octanol–water partition coefficient (Wildman–Crippen LogP) is 4.63. The van der Waals surface area contributed by atoms with Crippen molar-refractivity contribution in [3.8, 4) is 0 Å². The van der Waals surface area contributed by atoms with Crippen LogP contribution in [0.15, 0.2) is 91.0 Å². The number of ether oxygens (including phenoxy) is 5. The third-order valence-corrected chi connectivity index (χ3v) is 6.49. The lowest BCUT2D eigenvalue weighted by Gasteiger charge is -2.48. The minimum absolute atomic E-state index is 0.0213. The van der Waals surface area contributed by atoms with Crippen LogP contribution in [0.25, 0.3) is 0 Å². The number of fused-ring (bicyclic) bond motifs is 1. The van der Waals surface area contributed by atoms with E-state index in [-0.39, 0.29) is 18.3 Å². The van der Waals surface area contributed by atoms with E-state index in [2.05, 4.69) is 0 Å². The second-order valence-electron chi connectivity index (χ2n) is 8.85. The maximum Gasteiger partial charge on any atom is 0.187 e. The molecule has 2 aliphatic rings. The average Bonchev–Trinajstić information content (AvgIpc) is 2.92. The first kappa shape index (κ1) is 23.9. The number of carbonyl (C=O) groups excluding carboxylic acids is 1. The van der Waals surface area contributed by atoms with Gasteiger partial charge in [0.2, 0.25) is 0 Å². The monoisotopic (exact) mass is 474 g/mol. The van der Waals surface area contributed by atoms with E-state index in [1.54, 1.807) is 7.11 Å². The van der Waals surface area contributed by atoms with Crippen molar-refractivity contribution in [2.45, 2.75) is 56.4 Å². The second-order valence-corrected chi connectivity index (χ2v) is 8.85. The first-order chi connectivity index (χ1) is 17.2. The molecule has 0 amide bonds. The highest BCUT2D eigenvalue weighted by atomic mass is 16.7. The number of Topliss-reactive ketones (excluding diaryl/α,β-unsaturated/α-hetero) is 1. The summed E-state index contributed by atoms with van der Waals surface area (Å²) in [6.07, 6.45) is -3.46. The van der Waals surface area contributed by atoms with Crippen molar-refractivity contribution in [3.63, 3.8) is 0 Å². The van der Waals surface area contributed by atoms with E-state index in [0.29, 0.717) is 13.2 Å². The van der Waals surface area contributed by atoms with E-state index >= 15 is 0 Å². The van der Waals surface area contributed by atoms with Gasteiger partial charge in [0.25, 0.3) is 0 Å². The van der Waals surface area contributed by atoms with Gasteiger partial charge >= 0.3 is 0 Å². The number of benzene rings is 3. The summed E-state index contributed by atoms with van der Waals surface area (Å²) in [5.41, 5.74) is 3.00. The molecule has 6 heteroatoms. The molecule has 3 aromatic carbocycles. The summed E-state index contributed by atoms with van der Waals surface area (Å²) < 4.78 is 31.1. The van der Waals surface area contributed by atoms with E-state index in [9.17, 15) is 4.79 Å². The Kier molecular flexibility index (Phi) is 7.66. The molecular formula is C29H30O6. The zero-order chi connectivity index (χ0) is 24.0. The minimum Gasteiger partial charge on any atom is -0.368 e. The molecule has 0 N–H and O–H groups in total. The van der Waals surface area contributed by atoms with Crippen molar-refractivity contribution in [3.05, 3.63) is 108 Å². The lowest BCUT2D eigenvalue weighted by atomic mass is 9.88. The maximum absolute atomic E-state index is 13.2. The summed E-state index contributed by atoms with van der Waals surface area (Å²) >= 11 is 0. The number of carbonyl (C=O) groups is 1. The van der Waals surface area contributed by atoms with Crippen LogP contribution in [0, 0.1) is 0 Å². The fourth-order valence-corrected chi connectivity index (χ4v) is 4.71. The van der Waals surface area contributed by atoms with E-state index in [4.69, 9.17) is 23.7 Å². The van der Waals surface area contributed by atoms with Crippen molar-refractivity contribution >= 4 is 5.78 Å². The van der Waals surface area contributed by atoms with Crippen LogP contribution in [0.4, 0.5) is 0 Å². The fraction of sp³-hybridized carbons (Fsp3) is 0.345. The lowest BCUT2D eigenvalue weighted by molar-refractivity contribution is -0.321.